The van der Waals surface area contributed by atoms with Gasteiger partial charge in [0.15, 0.2) is 11.6 Å². The Labute approximate surface area is 156 Å². The van der Waals surface area contributed by atoms with Gasteiger partial charge in [0, 0.05) is 16.8 Å². The zero-order valence-corrected chi connectivity index (χ0v) is 15.0. The molecule has 7 nitrogen and oxygen atoms in total. The van der Waals surface area contributed by atoms with Crippen molar-refractivity contribution < 1.29 is 9.47 Å². The van der Waals surface area contributed by atoms with Crippen molar-refractivity contribution in [2.24, 2.45) is 0 Å². The van der Waals surface area contributed by atoms with E-state index in [4.69, 9.17) is 26.8 Å². The first kappa shape index (κ1) is 17.6. The molecule has 0 saturated carbocycles. The number of nitrogens with zero attached hydrogens (tertiary/aromatic N) is 2. The van der Waals surface area contributed by atoms with Gasteiger partial charge in [-0.05, 0) is 30.3 Å². The van der Waals surface area contributed by atoms with E-state index in [1.807, 2.05) is 24.3 Å². The predicted octanol–water partition coefficient (Wildman–Crippen LogP) is 4.22. The molecule has 26 heavy (non-hydrogen) atoms. The number of halogens is 1. The molecule has 0 aliphatic heterocycles. The zero-order chi connectivity index (χ0) is 18.5. The number of aromatic nitrogens is 2. The lowest BCUT2D eigenvalue weighted by Crippen LogP contribution is -2.06. The molecule has 3 aromatic rings. The van der Waals surface area contributed by atoms with Crippen LogP contribution in [0.2, 0.25) is 5.02 Å². The quantitative estimate of drug-likeness (QED) is 0.597. The van der Waals surface area contributed by atoms with E-state index in [9.17, 15) is 0 Å². The zero-order valence-electron chi connectivity index (χ0n) is 14.3. The van der Waals surface area contributed by atoms with E-state index in [2.05, 4.69) is 20.6 Å². The molecule has 0 spiro atoms. The van der Waals surface area contributed by atoms with Gasteiger partial charge >= 0.3 is 0 Å². The van der Waals surface area contributed by atoms with Gasteiger partial charge in [0.1, 0.15) is 23.5 Å². The summed E-state index contributed by atoms with van der Waals surface area (Å²) in [7, 11) is 3.19. The van der Waals surface area contributed by atoms with Crippen LogP contribution in [0.1, 0.15) is 0 Å². The highest BCUT2D eigenvalue weighted by Gasteiger charge is 2.12. The number of benzene rings is 2. The normalized spacial score (nSPS) is 10.3. The van der Waals surface area contributed by atoms with Crippen LogP contribution in [0.15, 0.2) is 48.8 Å². The molecule has 0 radical (unpaired) electrons. The second kappa shape index (κ2) is 7.79. The van der Waals surface area contributed by atoms with Gasteiger partial charge in [-0.2, -0.15) is 0 Å². The average molecular weight is 372 g/mol. The molecule has 8 heteroatoms. The molecule has 134 valence electrons. The molecule has 0 atom stereocenters. The van der Waals surface area contributed by atoms with Crippen LogP contribution in [0.5, 0.6) is 11.5 Å². The largest absolute Gasteiger partial charge is 0.497 e. The van der Waals surface area contributed by atoms with Crippen LogP contribution in [-0.4, -0.2) is 24.2 Å². The van der Waals surface area contributed by atoms with Crippen molar-refractivity contribution in [3.63, 3.8) is 0 Å². The van der Waals surface area contributed by atoms with Crippen LogP contribution >= 0.6 is 11.6 Å². The minimum absolute atomic E-state index is 0.359. The van der Waals surface area contributed by atoms with Crippen LogP contribution in [0.25, 0.3) is 0 Å². The lowest BCUT2D eigenvalue weighted by atomic mass is 10.2. The number of rotatable bonds is 6. The summed E-state index contributed by atoms with van der Waals surface area (Å²) >= 11 is 6.06. The predicted molar refractivity (Wildman–Crippen MR) is 104 cm³/mol. The summed E-state index contributed by atoms with van der Waals surface area (Å²) in [6.07, 6.45) is 1.41. The van der Waals surface area contributed by atoms with Gasteiger partial charge in [-0.3, -0.25) is 0 Å². The molecule has 4 N–H and O–H groups in total. The minimum atomic E-state index is 0.359. The highest BCUT2D eigenvalue weighted by Crippen LogP contribution is 2.34. The van der Waals surface area contributed by atoms with Crippen LogP contribution in [0, 0.1) is 0 Å². The molecule has 1 heterocycles. The van der Waals surface area contributed by atoms with Crippen molar-refractivity contribution in [1.29, 1.82) is 0 Å². The Hall–Kier alpha value is -3.19. The molecule has 0 amide bonds. The summed E-state index contributed by atoms with van der Waals surface area (Å²) in [5.41, 5.74) is 8.03. The molecule has 0 aliphatic rings. The number of hydrogen-bond acceptors (Lipinski definition) is 7. The van der Waals surface area contributed by atoms with Crippen molar-refractivity contribution in [2.75, 3.05) is 30.6 Å². The molecule has 2 aromatic carbocycles. The first-order valence-corrected chi connectivity index (χ1v) is 8.10. The summed E-state index contributed by atoms with van der Waals surface area (Å²) in [4.78, 5) is 8.41. The van der Waals surface area contributed by atoms with Gasteiger partial charge in [0.25, 0.3) is 0 Å². The maximum absolute atomic E-state index is 6.22. The van der Waals surface area contributed by atoms with Crippen molar-refractivity contribution in [3.05, 3.63) is 53.8 Å². The second-order valence-corrected chi connectivity index (χ2v) is 5.75. The fourth-order valence-corrected chi connectivity index (χ4v) is 2.51. The molecule has 0 bridgehead atoms. The summed E-state index contributed by atoms with van der Waals surface area (Å²) < 4.78 is 10.5. The Morgan fingerprint density at radius 2 is 1.73 bits per heavy atom. The molecule has 1 aromatic heterocycles. The monoisotopic (exact) mass is 371 g/mol. The van der Waals surface area contributed by atoms with E-state index in [0.29, 0.717) is 33.8 Å². The number of anilines is 5. The maximum atomic E-state index is 6.22. The van der Waals surface area contributed by atoms with Crippen molar-refractivity contribution in [1.82, 2.24) is 9.97 Å². The standard InChI is InChI=1S/C18H18ClN5O2/c1-25-13-5-3-4-12(9-13)23-17-16(20)18(22-10-21-17)24-14-8-11(19)6-7-15(14)26-2/h3-10H,20H2,1-2H3,(H2,21,22,23,24). The van der Waals surface area contributed by atoms with Crippen molar-refractivity contribution in [3.8, 4) is 11.5 Å². The highest BCUT2D eigenvalue weighted by molar-refractivity contribution is 6.31. The fourth-order valence-electron chi connectivity index (χ4n) is 2.34. The van der Waals surface area contributed by atoms with Gasteiger partial charge in [-0.25, -0.2) is 9.97 Å². The SMILES string of the molecule is COc1cccc(Nc2ncnc(Nc3cc(Cl)ccc3OC)c2N)c1. The van der Waals surface area contributed by atoms with E-state index < -0.39 is 0 Å². The Morgan fingerprint density at radius 3 is 2.46 bits per heavy atom. The lowest BCUT2D eigenvalue weighted by Gasteiger charge is -2.15. The third-order valence-corrected chi connectivity index (χ3v) is 3.87. The summed E-state index contributed by atoms with van der Waals surface area (Å²) in [5.74, 6) is 2.25. The van der Waals surface area contributed by atoms with Crippen LogP contribution < -0.4 is 25.8 Å². The van der Waals surface area contributed by atoms with E-state index in [0.717, 1.165) is 11.4 Å². The Bertz CT molecular complexity index is 920. The first-order chi connectivity index (χ1) is 12.6. The Balaban J connectivity index is 1.89. The van der Waals surface area contributed by atoms with Gasteiger partial charge < -0.3 is 25.8 Å². The van der Waals surface area contributed by atoms with Gasteiger partial charge in [0.05, 0.1) is 19.9 Å². The van der Waals surface area contributed by atoms with Gasteiger partial charge in [-0.1, -0.05) is 17.7 Å². The third kappa shape index (κ3) is 3.89. The van der Waals surface area contributed by atoms with E-state index in [1.54, 1.807) is 32.4 Å². The van der Waals surface area contributed by atoms with E-state index in [-0.39, 0.29) is 0 Å². The number of ether oxygens (including phenoxy) is 2. The number of hydrogen-bond donors (Lipinski definition) is 3. The topological polar surface area (TPSA) is 94.3 Å². The van der Waals surface area contributed by atoms with Gasteiger partial charge in [0.2, 0.25) is 0 Å². The molecule has 0 fully saturated rings. The van der Waals surface area contributed by atoms with Crippen LogP contribution in [0.3, 0.4) is 0 Å². The summed E-state index contributed by atoms with van der Waals surface area (Å²) in [5, 5.41) is 6.86. The van der Waals surface area contributed by atoms with E-state index in [1.165, 1.54) is 6.33 Å². The third-order valence-electron chi connectivity index (χ3n) is 3.63. The minimum Gasteiger partial charge on any atom is -0.497 e. The second-order valence-electron chi connectivity index (χ2n) is 5.31. The smallest absolute Gasteiger partial charge is 0.159 e. The molecule has 3 rings (SSSR count). The van der Waals surface area contributed by atoms with E-state index >= 15 is 0 Å². The molecular formula is C18H18ClN5O2. The van der Waals surface area contributed by atoms with Gasteiger partial charge in [-0.15, -0.1) is 0 Å². The molecule has 0 saturated heterocycles. The number of methoxy groups -OCH3 is 2. The summed E-state index contributed by atoms with van der Waals surface area (Å²) in [6, 6.07) is 12.7. The maximum Gasteiger partial charge on any atom is 0.159 e. The molecular weight excluding hydrogens is 354 g/mol. The Morgan fingerprint density at radius 1 is 0.962 bits per heavy atom. The number of nitrogens with one attached hydrogen (secondary N) is 2. The molecule has 0 aliphatic carbocycles. The first-order valence-electron chi connectivity index (χ1n) is 7.73. The Kier molecular flexibility index (Phi) is 5.28. The fraction of sp³-hybridized carbons (Fsp3) is 0.111. The van der Waals surface area contributed by atoms with Crippen molar-refractivity contribution >= 4 is 40.3 Å². The average Bonchev–Trinajstić information content (AvgIpc) is 2.65. The van der Waals surface area contributed by atoms with Crippen LogP contribution in [-0.2, 0) is 0 Å². The lowest BCUT2D eigenvalue weighted by molar-refractivity contribution is 0.415. The summed E-state index contributed by atoms with van der Waals surface area (Å²) in [6.45, 7) is 0. The van der Waals surface area contributed by atoms with Crippen LogP contribution in [0.4, 0.5) is 28.7 Å². The van der Waals surface area contributed by atoms with Crippen molar-refractivity contribution in [2.45, 2.75) is 0 Å². The number of nitrogen functional groups attached to an aromatic ring is 1. The number of nitrogens with two attached hydrogens (primary N) is 1. The molecule has 0 unspecified atom stereocenters. The highest BCUT2D eigenvalue weighted by atomic mass is 35.5.